The average Bonchev–Trinajstić information content (AvgIpc) is 3.05. The smallest absolute Gasteiger partial charge is 0.236 e. The molecule has 0 heterocycles. The van der Waals surface area contributed by atoms with Crippen LogP contribution in [-0.4, -0.2) is 20.0 Å². The lowest BCUT2D eigenvalue weighted by molar-refractivity contribution is 0.0823. The van der Waals surface area contributed by atoms with Crippen molar-refractivity contribution in [2.24, 2.45) is 5.92 Å². The van der Waals surface area contributed by atoms with Crippen molar-refractivity contribution in [2.45, 2.75) is 12.2 Å². The minimum absolute atomic E-state index is 0.192. The van der Waals surface area contributed by atoms with Gasteiger partial charge in [-0.2, -0.15) is 0 Å². The van der Waals surface area contributed by atoms with Crippen LogP contribution in [0.25, 0.3) is 0 Å². The molecule has 6 heteroatoms. The number of rotatable bonds is 6. The first-order valence-electron chi connectivity index (χ1n) is 9.24. The third-order valence-corrected chi connectivity index (χ3v) is 6.24. The Bertz CT molecular complexity index is 1190. The Kier molecular flexibility index (Phi) is 5.03. The molecule has 4 rings (SSSR count). The number of benzene rings is 3. The molecule has 3 aromatic rings. The van der Waals surface area contributed by atoms with Crippen LogP contribution in [0.3, 0.4) is 0 Å². The summed E-state index contributed by atoms with van der Waals surface area (Å²) in [5.41, 5.74) is 2.45. The van der Waals surface area contributed by atoms with Crippen LogP contribution in [-0.2, 0) is 22.2 Å². The summed E-state index contributed by atoms with van der Waals surface area (Å²) in [5, 5.41) is 0. The van der Waals surface area contributed by atoms with Crippen molar-refractivity contribution in [3.8, 4) is 0 Å². The highest BCUT2D eigenvalue weighted by Gasteiger charge is 2.36. The van der Waals surface area contributed by atoms with Crippen molar-refractivity contribution in [1.29, 1.82) is 0 Å². The van der Waals surface area contributed by atoms with Gasteiger partial charge in [0, 0.05) is 11.1 Å². The molecule has 1 atom stereocenters. The second kappa shape index (κ2) is 7.64. The predicted molar refractivity (Wildman–Crippen MR) is 111 cm³/mol. The predicted octanol–water partition coefficient (Wildman–Crippen LogP) is 3.87. The summed E-state index contributed by atoms with van der Waals surface area (Å²) in [7, 11) is -3.72. The fourth-order valence-electron chi connectivity index (χ4n) is 3.62. The molecule has 5 nitrogen and oxygen atoms in total. The molecule has 0 radical (unpaired) electrons. The van der Waals surface area contributed by atoms with E-state index in [-0.39, 0.29) is 28.6 Å². The van der Waals surface area contributed by atoms with Gasteiger partial charge in [0.15, 0.2) is 11.6 Å². The van der Waals surface area contributed by atoms with Gasteiger partial charge in [-0.3, -0.25) is 14.3 Å². The fraction of sp³-hybridized carbons (Fsp3) is 0.130. The zero-order valence-corrected chi connectivity index (χ0v) is 16.4. The van der Waals surface area contributed by atoms with Crippen LogP contribution in [0.5, 0.6) is 0 Å². The Balaban J connectivity index is 1.59. The number of nitrogens with one attached hydrogen (secondary N) is 1. The van der Waals surface area contributed by atoms with Gasteiger partial charge >= 0.3 is 0 Å². The number of carbonyl (C=O) groups is 2. The monoisotopic (exact) mass is 405 g/mol. The van der Waals surface area contributed by atoms with Gasteiger partial charge in [-0.25, -0.2) is 8.42 Å². The summed E-state index contributed by atoms with van der Waals surface area (Å²) in [5.74, 6) is -1.62. The van der Waals surface area contributed by atoms with E-state index in [0.717, 1.165) is 5.56 Å². The van der Waals surface area contributed by atoms with E-state index in [2.05, 4.69) is 4.72 Å². The molecule has 1 N–H and O–H groups in total. The number of anilines is 1. The van der Waals surface area contributed by atoms with Gasteiger partial charge in [0.25, 0.3) is 0 Å². The van der Waals surface area contributed by atoms with Crippen LogP contribution in [0.15, 0.2) is 78.9 Å². The molecule has 1 aliphatic carbocycles. The van der Waals surface area contributed by atoms with Crippen LogP contribution in [0, 0.1) is 5.92 Å². The van der Waals surface area contributed by atoms with Gasteiger partial charge in [0.05, 0.1) is 17.4 Å². The van der Waals surface area contributed by atoms with Crippen molar-refractivity contribution in [3.05, 3.63) is 101 Å². The Hall–Kier alpha value is -3.25. The summed E-state index contributed by atoms with van der Waals surface area (Å²) < 4.78 is 27.8. The number of hydrogen-bond donors (Lipinski definition) is 1. The summed E-state index contributed by atoms with van der Waals surface area (Å²) in [6.07, 6.45) is 0.332. The van der Waals surface area contributed by atoms with Gasteiger partial charge in [-0.05, 0) is 29.7 Å². The van der Waals surface area contributed by atoms with E-state index in [1.807, 2.05) is 18.2 Å². The Morgan fingerprint density at radius 3 is 2.31 bits per heavy atom. The summed E-state index contributed by atoms with van der Waals surface area (Å²) in [6, 6.07) is 22.4. The van der Waals surface area contributed by atoms with Gasteiger partial charge in [0.2, 0.25) is 10.0 Å². The van der Waals surface area contributed by atoms with E-state index >= 15 is 0 Å². The van der Waals surface area contributed by atoms with Crippen LogP contribution < -0.4 is 4.72 Å². The van der Waals surface area contributed by atoms with E-state index in [1.54, 1.807) is 60.7 Å². The highest BCUT2D eigenvalue weighted by molar-refractivity contribution is 7.91. The lowest BCUT2D eigenvalue weighted by Gasteiger charge is -2.14. The molecule has 29 heavy (non-hydrogen) atoms. The molecule has 146 valence electrons. The first kappa shape index (κ1) is 19.1. The Morgan fingerprint density at radius 1 is 0.897 bits per heavy atom. The van der Waals surface area contributed by atoms with E-state index in [0.29, 0.717) is 17.5 Å². The Labute approximate surface area is 169 Å². The van der Waals surface area contributed by atoms with Crippen LogP contribution in [0.4, 0.5) is 5.69 Å². The van der Waals surface area contributed by atoms with E-state index in [4.69, 9.17) is 0 Å². The molecular weight excluding hydrogens is 386 g/mol. The second-order valence-corrected chi connectivity index (χ2v) is 8.76. The highest BCUT2D eigenvalue weighted by atomic mass is 32.2. The van der Waals surface area contributed by atoms with Crippen molar-refractivity contribution >= 4 is 27.3 Å². The van der Waals surface area contributed by atoms with Gasteiger partial charge in [0.1, 0.15) is 0 Å². The molecule has 0 fully saturated rings. The molecule has 0 aromatic heterocycles. The number of para-hydroxylation sites is 1. The summed E-state index contributed by atoms with van der Waals surface area (Å²) in [4.78, 5) is 25.8. The number of fused-ring (bicyclic) bond motifs is 1. The number of ketones is 2. The van der Waals surface area contributed by atoms with Crippen LogP contribution >= 0.6 is 0 Å². The van der Waals surface area contributed by atoms with Crippen LogP contribution in [0.2, 0.25) is 0 Å². The van der Waals surface area contributed by atoms with Gasteiger partial charge in [-0.1, -0.05) is 66.7 Å². The van der Waals surface area contributed by atoms with Crippen LogP contribution in [0.1, 0.15) is 31.8 Å². The first-order chi connectivity index (χ1) is 13.9. The van der Waals surface area contributed by atoms with Crippen molar-refractivity contribution in [3.63, 3.8) is 0 Å². The normalized spacial score (nSPS) is 15.7. The van der Waals surface area contributed by atoms with Gasteiger partial charge < -0.3 is 0 Å². The third-order valence-electron chi connectivity index (χ3n) is 5.00. The standard InChI is InChI=1S/C23H19NO4S/c25-22-18-11-5-4-10-17(18)14-20(22)23(26)19-12-6-7-13-21(19)24-29(27,28)15-16-8-2-1-3-9-16/h1-13,20,24H,14-15H2. The maximum atomic E-state index is 13.1. The SMILES string of the molecule is O=C1c2ccccc2CC1C(=O)c1ccccc1NS(=O)(=O)Cc1ccccc1. The minimum atomic E-state index is -3.72. The number of hydrogen-bond acceptors (Lipinski definition) is 4. The van der Waals surface area contributed by atoms with Gasteiger partial charge in [-0.15, -0.1) is 0 Å². The molecule has 3 aromatic carbocycles. The largest absolute Gasteiger partial charge is 0.293 e. The van der Waals surface area contributed by atoms with E-state index in [9.17, 15) is 18.0 Å². The molecule has 1 aliphatic rings. The molecule has 0 saturated carbocycles. The van der Waals surface area contributed by atoms with Crippen molar-refractivity contribution in [2.75, 3.05) is 4.72 Å². The molecule has 0 spiro atoms. The highest BCUT2D eigenvalue weighted by Crippen LogP contribution is 2.31. The topological polar surface area (TPSA) is 80.3 Å². The molecule has 0 aliphatic heterocycles. The average molecular weight is 405 g/mol. The zero-order valence-electron chi connectivity index (χ0n) is 15.5. The number of carbonyl (C=O) groups excluding carboxylic acids is 2. The zero-order chi connectivity index (χ0) is 20.4. The quantitative estimate of drug-likeness (QED) is 0.499. The lowest BCUT2D eigenvalue weighted by Crippen LogP contribution is -2.23. The first-order valence-corrected chi connectivity index (χ1v) is 10.9. The lowest BCUT2D eigenvalue weighted by atomic mass is 9.93. The fourth-order valence-corrected chi connectivity index (χ4v) is 4.84. The van der Waals surface area contributed by atoms with Crippen molar-refractivity contribution in [1.82, 2.24) is 0 Å². The third kappa shape index (κ3) is 3.98. The molecule has 1 unspecified atom stereocenters. The summed E-state index contributed by atoms with van der Waals surface area (Å²) in [6.45, 7) is 0. The second-order valence-electron chi connectivity index (χ2n) is 7.03. The Morgan fingerprint density at radius 2 is 1.55 bits per heavy atom. The molecular formula is C23H19NO4S. The number of Topliss-reactive ketones (excluding diaryl/α,β-unsaturated/α-hetero) is 2. The number of sulfonamides is 1. The van der Waals surface area contributed by atoms with E-state index < -0.39 is 15.9 Å². The van der Waals surface area contributed by atoms with E-state index in [1.165, 1.54) is 0 Å². The molecule has 0 bridgehead atoms. The maximum Gasteiger partial charge on any atom is 0.236 e. The summed E-state index contributed by atoms with van der Waals surface area (Å²) >= 11 is 0. The minimum Gasteiger partial charge on any atom is -0.293 e. The molecule has 0 saturated heterocycles. The maximum absolute atomic E-state index is 13.1. The molecule has 0 amide bonds. The van der Waals surface area contributed by atoms with Crippen molar-refractivity contribution < 1.29 is 18.0 Å².